The molecule has 23 heavy (non-hydrogen) atoms. The molecule has 1 fully saturated rings. The summed E-state index contributed by atoms with van der Waals surface area (Å²) in [5.74, 6) is 1.74. The van der Waals surface area contributed by atoms with Gasteiger partial charge in [0, 0.05) is 25.9 Å². The minimum absolute atomic E-state index is 0.136. The van der Waals surface area contributed by atoms with Gasteiger partial charge in [0.2, 0.25) is 5.91 Å². The summed E-state index contributed by atoms with van der Waals surface area (Å²) in [7, 11) is 1.65. The second-order valence-electron chi connectivity index (χ2n) is 5.66. The highest BCUT2D eigenvalue weighted by molar-refractivity contribution is 7.07. The molecule has 0 aliphatic carbocycles. The Kier molecular flexibility index (Phi) is 5.18. The maximum absolute atomic E-state index is 12.3. The molecule has 0 saturated carbocycles. The molecule has 5 heteroatoms. The third-order valence-corrected chi connectivity index (χ3v) is 4.82. The predicted octanol–water partition coefficient (Wildman–Crippen LogP) is 3.37. The molecule has 0 unspecified atom stereocenters. The molecule has 2 heterocycles. The number of benzene rings is 1. The van der Waals surface area contributed by atoms with Crippen LogP contribution in [0.3, 0.4) is 0 Å². The number of ether oxygens (including phenoxy) is 2. The maximum Gasteiger partial charge on any atom is 0.227 e. The van der Waals surface area contributed by atoms with Gasteiger partial charge in [-0.25, -0.2) is 0 Å². The number of rotatable bonds is 5. The van der Waals surface area contributed by atoms with Gasteiger partial charge in [-0.15, -0.1) is 0 Å². The highest BCUT2D eigenvalue weighted by Gasteiger charge is 2.24. The van der Waals surface area contributed by atoms with Gasteiger partial charge in [-0.2, -0.15) is 11.3 Å². The zero-order chi connectivity index (χ0) is 16.1. The van der Waals surface area contributed by atoms with Crippen molar-refractivity contribution in [2.45, 2.75) is 25.4 Å². The first-order valence-corrected chi connectivity index (χ1v) is 8.79. The molecule has 0 radical (unpaired) electrons. The number of thiophene rings is 1. The number of carbonyl (C=O) groups is 1. The van der Waals surface area contributed by atoms with Crippen LogP contribution in [0.25, 0.3) is 0 Å². The van der Waals surface area contributed by atoms with E-state index in [1.54, 1.807) is 18.4 Å². The molecule has 2 aromatic rings. The highest BCUT2D eigenvalue weighted by atomic mass is 32.1. The third-order valence-electron chi connectivity index (χ3n) is 4.09. The number of nitrogens with zero attached hydrogens (tertiary/aromatic N) is 1. The summed E-state index contributed by atoms with van der Waals surface area (Å²) < 4.78 is 11.4. The summed E-state index contributed by atoms with van der Waals surface area (Å²) in [6.07, 6.45) is 2.35. The van der Waals surface area contributed by atoms with Crippen LogP contribution in [0.4, 0.5) is 0 Å². The van der Waals surface area contributed by atoms with E-state index in [1.165, 1.54) is 0 Å². The summed E-state index contributed by atoms with van der Waals surface area (Å²) in [5.41, 5.74) is 1.10. The van der Waals surface area contributed by atoms with E-state index < -0.39 is 0 Å². The van der Waals surface area contributed by atoms with Crippen LogP contribution in [0, 0.1) is 0 Å². The predicted molar refractivity (Wildman–Crippen MR) is 91.2 cm³/mol. The van der Waals surface area contributed by atoms with Crippen molar-refractivity contribution >= 4 is 17.2 Å². The molecule has 0 N–H and O–H groups in total. The topological polar surface area (TPSA) is 38.8 Å². The summed E-state index contributed by atoms with van der Waals surface area (Å²) >= 11 is 1.63. The van der Waals surface area contributed by atoms with Gasteiger partial charge in [-0.3, -0.25) is 4.79 Å². The Labute approximate surface area is 140 Å². The SMILES string of the molecule is COc1ccccc1OC1CCN(C(=O)Cc2ccsc2)CC1. The van der Waals surface area contributed by atoms with Crippen molar-refractivity contribution in [2.75, 3.05) is 20.2 Å². The van der Waals surface area contributed by atoms with Gasteiger partial charge in [-0.05, 0) is 34.5 Å². The molecular formula is C18H21NO3S. The summed E-state index contributed by atoms with van der Waals surface area (Å²) in [4.78, 5) is 14.2. The Morgan fingerprint density at radius 3 is 2.61 bits per heavy atom. The lowest BCUT2D eigenvalue weighted by molar-refractivity contribution is -0.132. The second-order valence-corrected chi connectivity index (χ2v) is 6.44. The molecule has 1 aliphatic rings. The number of carbonyl (C=O) groups excluding carboxylic acids is 1. The van der Waals surface area contributed by atoms with Crippen LogP contribution in [0.1, 0.15) is 18.4 Å². The van der Waals surface area contributed by atoms with Crippen LogP contribution in [0.5, 0.6) is 11.5 Å². The van der Waals surface area contributed by atoms with E-state index in [9.17, 15) is 4.79 Å². The Hall–Kier alpha value is -2.01. The largest absolute Gasteiger partial charge is 0.493 e. The summed E-state index contributed by atoms with van der Waals surface area (Å²) in [6, 6.07) is 9.71. The lowest BCUT2D eigenvalue weighted by Crippen LogP contribution is -2.42. The number of likely N-dealkylation sites (tertiary alicyclic amines) is 1. The van der Waals surface area contributed by atoms with Crippen LogP contribution in [0.2, 0.25) is 0 Å². The number of para-hydroxylation sites is 2. The quantitative estimate of drug-likeness (QED) is 0.843. The van der Waals surface area contributed by atoms with E-state index in [-0.39, 0.29) is 12.0 Å². The van der Waals surface area contributed by atoms with E-state index in [1.807, 2.05) is 46.0 Å². The Bertz CT molecular complexity index is 633. The number of piperidine rings is 1. The highest BCUT2D eigenvalue weighted by Crippen LogP contribution is 2.29. The van der Waals surface area contributed by atoms with Gasteiger partial charge >= 0.3 is 0 Å². The van der Waals surface area contributed by atoms with Crippen molar-refractivity contribution in [1.29, 1.82) is 0 Å². The number of methoxy groups -OCH3 is 1. The zero-order valence-corrected chi connectivity index (χ0v) is 14.1. The lowest BCUT2D eigenvalue weighted by atomic mass is 10.1. The van der Waals surface area contributed by atoms with E-state index in [0.717, 1.165) is 43.0 Å². The van der Waals surface area contributed by atoms with E-state index in [0.29, 0.717) is 6.42 Å². The fourth-order valence-corrected chi connectivity index (χ4v) is 3.47. The van der Waals surface area contributed by atoms with Gasteiger partial charge in [0.15, 0.2) is 11.5 Å². The molecule has 0 atom stereocenters. The monoisotopic (exact) mass is 331 g/mol. The third kappa shape index (κ3) is 4.05. The van der Waals surface area contributed by atoms with Crippen LogP contribution in [-0.4, -0.2) is 37.1 Å². The van der Waals surface area contributed by atoms with Gasteiger partial charge in [0.25, 0.3) is 0 Å². The van der Waals surface area contributed by atoms with Crippen LogP contribution in [0.15, 0.2) is 41.1 Å². The maximum atomic E-state index is 12.3. The molecule has 3 rings (SSSR count). The van der Waals surface area contributed by atoms with Gasteiger partial charge < -0.3 is 14.4 Å². The van der Waals surface area contributed by atoms with Crippen molar-refractivity contribution in [3.8, 4) is 11.5 Å². The number of hydrogen-bond donors (Lipinski definition) is 0. The van der Waals surface area contributed by atoms with Crippen molar-refractivity contribution in [1.82, 2.24) is 4.90 Å². The molecule has 0 bridgehead atoms. The molecule has 4 nitrogen and oxygen atoms in total. The molecule has 1 saturated heterocycles. The molecule has 0 spiro atoms. The molecule has 1 aromatic heterocycles. The average molecular weight is 331 g/mol. The van der Waals surface area contributed by atoms with Gasteiger partial charge in [-0.1, -0.05) is 12.1 Å². The fraction of sp³-hybridized carbons (Fsp3) is 0.389. The van der Waals surface area contributed by atoms with E-state index >= 15 is 0 Å². The molecule has 1 aliphatic heterocycles. The Morgan fingerprint density at radius 1 is 1.22 bits per heavy atom. The number of hydrogen-bond acceptors (Lipinski definition) is 4. The Balaban J connectivity index is 1.51. The smallest absolute Gasteiger partial charge is 0.227 e. The minimum Gasteiger partial charge on any atom is -0.493 e. The molecular weight excluding hydrogens is 310 g/mol. The Morgan fingerprint density at radius 2 is 1.96 bits per heavy atom. The standard InChI is InChI=1S/C18H21NO3S/c1-21-16-4-2-3-5-17(16)22-15-6-9-19(10-7-15)18(20)12-14-8-11-23-13-14/h2-5,8,11,13,15H,6-7,9-10,12H2,1H3. The van der Waals surface area contributed by atoms with Crippen LogP contribution in [-0.2, 0) is 11.2 Å². The first-order valence-electron chi connectivity index (χ1n) is 7.85. The van der Waals surface area contributed by atoms with Crippen molar-refractivity contribution in [2.24, 2.45) is 0 Å². The second kappa shape index (κ2) is 7.51. The fourth-order valence-electron chi connectivity index (χ4n) is 2.80. The average Bonchev–Trinajstić information content (AvgIpc) is 3.09. The van der Waals surface area contributed by atoms with E-state index in [4.69, 9.17) is 9.47 Å². The zero-order valence-electron chi connectivity index (χ0n) is 13.2. The molecule has 1 amide bonds. The number of amides is 1. The lowest BCUT2D eigenvalue weighted by Gasteiger charge is -2.32. The summed E-state index contributed by atoms with van der Waals surface area (Å²) in [6.45, 7) is 1.51. The molecule has 122 valence electrons. The van der Waals surface area contributed by atoms with Crippen molar-refractivity contribution in [3.63, 3.8) is 0 Å². The van der Waals surface area contributed by atoms with Gasteiger partial charge in [0.05, 0.1) is 13.5 Å². The van der Waals surface area contributed by atoms with Crippen molar-refractivity contribution in [3.05, 3.63) is 46.7 Å². The van der Waals surface area contributed by atoms with Crippen LogP contribution < -0.4 is 9.47 Å². The normalized spacial score (nSPS) is 15.4. The van der Waals surface area contributed by atoms with Crippen molar-refractivity contribution < 1.29 is 14.3 Å². The molecule has 1 aromatic carbocycles. The van der Waals surface area contributed by atoms with Crippen LogP contribution >= 0.6 is 11.3 Å². The first-order chi connectivity index (χ1) is 11.3. The van der Waals surface area contributed by atoms with Gasteiger partial charge in [0.1, 0.15) is 6.10 Å². The summed E-state index contributed by atoms with van der Waals surface area (Å²) in [5, 5.41) is 4.05. The first kappa shape index (κ1) is 15.9. The van der Waals surface area contributed by atoms with E-state index in [2.05, 4.69) is 0 Å². The minimum atomic E-state index is 0.136.